The van der Waals surface area contributed by atoms with Gasteiger partial charge in [-0.3, -0.25) is 0 Å². The number of aliphatic hydroxyl groups is 1. The van der Waals surface area contributed by atoms with Crippen molar-refractivity contribution in [2.75, 3.05) is 12.3 Å². The predicted molar refractivity (Wildman–Crippen MR) is 67.0 cm³/mol. The minimum atomic E-state index is -0.309. The van der Waals surface area contributed by atoms with Crippen molar-refractivity contribution in [2.45, 2.75) is 18.6 Å². The molecule has 5 nitrogen and oxygen atoms in total. The van der Waals surface area contributed by atoms with E-state index in [2.05, 4.69) is 15.1 Å². The van der Waals surface area contributed by atoms with Crippen LogP contribution in [-0.4, -0.2) is 40.7 Å². The lowest BCUT2D eigenvalue weighted by Crippen LogP contribution is -2.39. The summed E-state index contributed by atoms with van der Waals surface area (Å²) in [6.07, 6.45) is 2.19. The van der Waals surface area contributed by atoms with Crippen LogP contribution < -0.4 is 5.73 Å². The van der Waals surface area contributed by atoms with Crippen molar-refractivity contribution in [1.82, 2.24) is 4.90 Å². The summed E-state index contributed by atoms with van der Waals surface area (Å²) in [7, 11) is 0. The zero-order chi connectivity index (χ0) is 11.8. The lowest BCUT2D eigenvalue weighted by atomic mass is 10.1. The molecule has 0 aromatic heterocycles. The summed E-state index contributed by atoms with van der Waals surface area (Å²) in [4.78, 5) is 2.08. The number of aliphatic hydroxyl groups excluding tert-OH is 1. The minimum absolute atomic E-state index is 0.152. The van der Waals surface area contributed by atoms with Gasteiger partial charge in [-0.15, -0.1) is 5.10 Å². The molecule has 0 amide bonds. The van der Waals surface area contributed by atoms with Gasteiger partial charge in [-0.05, 0) is 12.1 Å². The highest BCUT2D eigenvalue weighted by Gasteiger charge is 2.34. The minimum Gasteiger partial charge on any atom is -0.399 e. The van der Waals surface area contributed by atoms with Crippen molar-refractivity contribution in [3.63, 3.8) is 0 Å². The molecule has 2 aliphatic rings. The first kappa shape index (κ1) is 10.3. The number of fused-ring (bicyclic) bond motifs is 1. The molecule has 1 aromatic rings. The van der Waals surface area contributed by atoms with Crippen LogP contribution >= 0.6 is 0 Å². The van der Waals surface area contributed by atoms with Gasteiger partial charge in [0, 0.05) is 30.4 Å². The molecule has 5 heteroatoms. The summed E-state index contributed by atoms with van der Waals surface area (Å²) < 4.78 is 0. The fourth-order valence-electron chi connectivity index (χ4n) is 2.35. The van der Waals surface area contributed by atoms with E-state index in [4.69, 9.17) is 5.73 Å². The van der Waals surface area contributed by atoms with E-state index in [1.165, 1.54) is 0 Å². The van der Waals surface area contributed by atoms with Gasteiger partial charge in [0.2, 0.25) is 0 Å². The van der Waals surface area contributed by atoms with E-state index in [1.54, 1.807) is 6.21 Å². The smallest absolute Gasteiger partial charge is 0.159 e. The van der Waals surface area contributed by atoms with Crippen LogP contribution in [0.25, 0.3) is 0 Å². The maximum Gasteiger partial charge on any atom is 0.159 e. The molecular formula is C12H14N4O. The van der Waals surface area contributed by atoms with Crippen molar-refractivity contribution in [1.29, 1.82) is 0 Å². The van der Waals surface area contributed by atoms with E-state index in [-0.39, 0.29) is 12.1 Å². The Balaban J connectivity index is 1.97. The zero-order valence-electron chi connectivity index (χ0n) is 9.32. The second kappa shape index (κ2) is 3.85. The number of nitrogens with two attached hydrogens (primary N) is 1. The number of rotatable bonds is 1. The van der Waals surface area contributed by atoms with Gasteiger partial charge in [0.15, 0.2) is 5.84 Å². The number of nitrogen functional groups attached to an aromatic ring is 1. The molecule has 2 atom stereocenters. The number of nitrogens with zero attached hydrogens (tertiary/aromatic N) is 3. The zero-order valence-corrected chi connectivity index (χ0v) is 9.32. The third-order valence-corrected chi connectivity index (χ3v) is 3.13. The van der Waals surface area contributed by atoms with Crippen molar-refractivity contribution in [3.8, 4) is 0 Å². The number of benzene rings is 1. The SMILES string of the molecule is Nc1cccc(C2=NN=C[C@@H]3C[C@@H](O)CN23)c1. The molecule has 0 bridgehead atoms. The van der Waals surface area contributed by atoms with Crippen LogP contribution in [0.2, 0.25) is 0 Å². The molecule has 0 unspecified atom stereocenters. The van der Waals surface area contributed by atoms with E-state index in [0.717, 1.165) is 11.4 Å². The number of anilines is 1. The van der Waals surface area contributed by atoms with Gasteiger partial charge in [0.1, 0.15) is 0 Å². The maximum absolute atomic E-state index is 9.70. The maximum atomic E-state index is 9.70. The van der Waals surface area contributed by atoms with Crippen molar-refractivity contribution < 1.29 is 5.11 Å². The van der Waals surface area contributed by atoms with Crippen molar-refractivity contribution in [3.05, 3.63) is 29.8 Å². The Morgan fingerprint density at radius 3 is 3.12 bits per heavy atom. The van der Waals surface area contributed by atoms with Gasteiger partial charge in [-0.1, -0.05) is 12.1 Å². The molecule has 88 valence electrons. The van der Waals surface area contributed by atoms with Gasteiger partial charge in [0.05, 0.1) is 12.1 Å². The number of amidine groups is 1. The molecule has 2 aliphatic heterocycles. The third-order valence-electron chi connectivity index (χ3n) is 3.13. The Kier molecular flexibility index (Phi) is 2.33. The van der Waals surface area contributed by atoms with E-state index in [9.17, 15) is 5.11 Å². The van der Waals surface area contributed by atoms with Crippen LogP contribution in [-0.2, 0) is 0 Å². The lowest BCUT2D eigenvalue weighted by molar-refractivity contribution is 0.188. The summed E-state index contributed by atoms with van der Waals surface area (Å²) >= 11 is 0. The monoisotopic (exact) mass is 230 g/mol. The van der Waals surface area contributed by atoms with Crippen LogP contribution in [0.5, 0.6) is 0 Å². The average Bonchev–Trinajstić information content (AvgIpc) is 2.68. The molecule has 0 spiro atoms. The molecule has 17 heavy (non-hydrogen) atoms. The van der Waals surface area contributed by atoms with Gasteiger partial charge in [-0.25, -0.2) is 0 Å². The molecule has 1 aromatic carbocycles. The molecule has 0 saturated carbocycles. The Labute approximate surface area is 99.3 Å². The van der Waals surface area contributed by atoms with E-state index in [1.807, 2.05) is 24.3 Å². The second-order valence-corrected chi connectivity index (χ2v) is 4.42. The van der Waals surface area contributed by atoms with Gasteiger partial charge in [0.25, 0.3) is 0 Å². The first-order chi connectivity index (χ1) is 8.24. The van der Waals surface area contributed by atoms with E-state index < -0.39 is 0 Å². The quantitative estimate of drug-likeness (QED) is 0.688. The van der Waals surface area contributed by atoms with Gasteiger partial charge in [-0.2, -0.15) is 5.10 Å². The van der Waals surface area contributed by atoms with E-state index >= 15 is 0 Å². The first-order valence-corrected chi connectivity index (χ1v) is 5.66. The molecule has 0 aliphatic carbocycles. The standard InChI is InChI=1S/C12H14N4O/c13-9-3-1-2-8(4-9)12-15-14-6-10-5-11(17)7-16(10)12/h1-4,6,10-11,17H,5,7,13H2/t10-,11+/m0/s1. The summed E-state index contributed by atoms with van der Waals surface area (Å²) in [5.41, 5.74) is 7.42. The van der Waals surface area contributed by atoms with Crippen molar-refractivity contribution in [2.24, 2.45) is 10.2 Å². The van der Waals surface area contributed by atoms with E-state index in [0.29, 0.717) is 18.7 Å². The molecule has 1 saturated heterocycles. The molecule has 1 fully saturated rings. The van der Waals surface area contributed by atoms with Crippen LogP contribution in [0.15, 0.2) is 34.5 Å². The highest BCUT2D eigenvalue weighted by Crippen LogP contribution is 2.23. The number of hydrogen-bond acceptors (Lipinski definition) is 5. The second-order valence-electron chi connectivity index (χ2n) is 4.42. The molecular weight excluding hydrogens is 216 g/mol. The largest absolute Gasteiger partial charge is 0.399 e. The molecule has 0 radical (unpaired) electrons. The fraction of sp³-hybridized carbons (Fsp3) is 0.333. The Bertz CT molecular complexity index is 497. The van der Waals surface area contributed by atoms with Crippen LogP contribution in [0.3, 0.4) is 0 Å². The van der Waals surface area contributed by atoms with Crippen LogP contribution in [0.1, 0.15) is 12.0 Å². The molecule has 2 heterocycles. The summed E-state index contributed by atoms with van der Waals surface area (Å²) in [5, 5.41) is 17.9. The normalized spacial score (nSPS) is 26.9. The summed E-state index contributed by atoms with van der Waals surface area (Å²) in [6, 6.07) is 7.72. The van der Waals surface area contributed by atoms with Gasteiger partial charge >= 0.3 is 0 Å². The average molecular weight is 230 g/mol. The molecule has 3 rings (SSSR count). The highest BCUT2D eigenvalue weighted by molar-refractivity contribution is 6.02. The first-order valence-electron chi connectivity index (χ1n) is 5.66. The topological polar surface area (TPSA) is 74.2 Å². The third kappa shape index (κ3) is 1.78. The Morgan fingerprint density at radius 1 is 1.41 bits per heavy atom. The lowest BCUT2D eigenvalue weighted by Gasteiger charge is -2.26. The van der Waals surface area contributed by atoms with Crippen LogP contribution in [0, 0.1) is 0 Å². The van der Waals surface area contributed by atoms with Crippen LogP contribution in [0.4, 0.5) is 5.69 Å². The summed E-state index contributed by atoms with van der Waals surface area (Å²) in [6.45, 7) is 0.602. The number of hydrogen-bond donors (Lipinski definition) is 2. The summed E-state index contributed by atoms with van der Waals surface area (Å²) in [5.74, 6) is 0.793. The van der Waals surface area contributed by atoms with Gasteiger partial charge < -0.3 is 15.7 Å². The molecule has 3 N–H and O–H groups in total. The Morgan fingerprint density at radius 2 is 2.29 bits per heavy atom. The Hall–Kier alpha value is -1.88. The van der Waals surface area contributed by atoms with Crippen molar-refractivity contribution >= 4 is 17.7 Å². The fourth-order valence-corrected chi connectivity index (χ4v) is 2.35. The predicted octanol–water partition coefficient (Wildman–Crippen LogP) is 0.450. The highest BCUT2D eigenvalue weighted by atomic mass is 16.3.